The van der Waals surface area contributed by atoms with Crippen LogP contribution in [0.4, 0.5) is 5.69 Å². The van der Waals surface area contributed by atoms with Gasteiger partial charge in [-0.1, -0.05) is 17.7 Å². The summed E-state index contributed by atoms with van der Waals surface area (Å²) < 4.78 is 11.1. The van der Waals surface area contributed by atoms with E-state index >= 15 is 0 Å². The molecule has 0 aliphatic carbocycles. The summed E-state index contributed by atoms with van der Waals surface area (Å²) in [4.78, 5) is 31.7. The van der Waals surface area contributed by atoms with E-state index in [9.17, 15) is 14.7 Å². The minimum Gasteiger partial charge on any atom is -0.507 e. The van der Waals surface area contributed by atoms with Gasteiger partial charge in [-0.3, -0.25) is 19.5 Å². The Labute approximate surface area is 188 Å². The zero-order chi connectivity index (χ0) is 22.2. The Morgan fingerprint density at radius 3 is 2.50 bits per heavy atom. The van der Waals surface area contributed by atoms with Gasteiger partial charge in [0.05, 0.1) is 11.6 Å². The molecular formula is C24H17ClN2O5. The second-order valence-electron chi connectivity index (χ2n) is 7.29. The average Bonchev–Trinajstić information content (AvgIpc) is 3.10. The molecule has 1 unspecified atom stereocenters. The molecule has 7 nitrogen and oxygen atoms in total. The number of ketones is 1. The number of halogens is 1. The van der Waals surface area contributed by atoms with Gasteiger partial charge in [0.2, 0.25) is 0 Å². The zero-order valence-corrected chi connectivity index (χ0v) is 17.5. The number of ether oxygens (including phenoxy) is 2. The molecule has 2 aliphatic rings. The zero-order valence-electron chi connectivity index (χ0n) is 16.7. The van der Waals surface area contributed by atoms with Crippen molar-refractivity contribution < 1.29 is 24.2 Å². The molecule has 8 heteroatoms. The Kier molecular flexibility index (Phi) is 5.03. The third kappa shape index (κ3) is 3.36. The van der Waals surface area contributed by atoms with Gasteiger partial charge in [-0.2, -0.15) is 0 Å². The number of Topliss-reactive ketones (excluding diaryl/α,β-unsaturated/α-hetero) is 1. The summed E-state index contributed by atoms with van der Waals surface area (Å²) >= 11 is 6.00. The molecule has 0 bridgehead atoms. The molecule has 1 atom stereocenters. The molecule has 2 aromatic carbocycles. The van der Waals surface area contributed by atoms with Crippen LogP contribution in [0, 0.1) is 0 Å². The van der Waals surface area contributed by atoms with Crippen LogP contribution >= 0.6 is 11.6 Å². The highest BCUT2D eigenvalue weighted by Crippen LogP contribution is 2.43. The predicted octanol–water partition coefficient (Wildman–Crippen LogP) is 4.13. The van der Waals surface area contributed by atoms with Gasteiger partial charge in [-0.05, 0) is 54.1 Å². The van der Waals surface area contributed by atoms with Gasteiger partial charge in [-0.15, -0.1) is 0 Å². The van der Waals surface area contributed by atoms with E-state index in [2.05, 4.69) is 4.98 Å². The van der Waals surface area contributed by atoms with Crippen LogP contribution in [0.1, 0.15) is 17.2 Å². The van der Waals surface area contributed by atoms with Crippen LogP contribution in [0.3, 0.4) is 0 Å². The van der Waals surface area contributed by atoms with Crippen molar-refractivity contribution in [2.45, 2.75) is 6.04 Å². The third-order valence-corrected chi connectivity index (χ3v) is 5.62. The van der Waals surface area contributed by atoms with Gasteiger partial charge < -0.3 is 14.6 Å². The largest absolute Gasteiger partial charge is 0.507 e. The van der Waals surface area contributed by atoms with Crippen molar-refractivity contribution in [3.8, 4) is 11.5 Å². The number of amides is 1. The van der Waals surface area contributed by atoms with E-state index in [0.29, 0.717) is 46.5 Å². The van der Waals surface area contributed by atoms with E-state index < -0.39 is 17.7 Å². The first kappa shape index (κ1) is 20.1. The fourth-order valence-corrected chi connectivity index (χ4v) is 4.03. The highest BCUT2D eigenvalue weighted by molar-refractivity contribution is 6.51. The fraction of sp³-hybridized carbons (Fsp3) is 0.125. The number of anilines is 1. The van der Waals surface area contributed by atoms with E-state index in [1.165, 1.54) is 4.90 Å². The molecular weight excluding hydrogens is 432 g/mol. The Hall–Kier alpha value is -3.84. The number of carbonyl (C=O) groups is 2. The van der Waals surface area contributed by atoms with Crippen LogP contribution in [0.25, 0.3) is 5.76 Å². The lowest BCUT2D eigenvalue weighted by molar-refractivity contribution is -0.132. The third-order valence-electron chi connectivity index (χ3n) is 5.36. The Bertz CT molecular complexity index is 1240. The van der Waals surface area contributed by atoms with Crippen molar-refractivity contribution in [1.82, 2.24) is 4.98 Å². The van der Waals surface area contributed by atoms with Crippen molar-refractivity contribution in [3.63, 3.8) is 0 Å². The maximum Gasteiger partial charge on any atom is 0.300 e. The first-order valence-corrected chi connectivity index (χ1v) is 10.3. The molecule has 1 N–H and O–H groups in total. The fourth-order valence-electron chi connectivity index (χ4n) is 3.90. The molecule has 1 fully saturated rings. The second kappa shape index (κ2) is 8.01. The number of nitrogens with zero attached hydrogens (tertiary/aromatic N) is 2. The number of rotatable bonds is 3. The van der Waals surface area contributed by atoms with Crippen LogP contribution in [-0.2, 0) is 9.59 Å². The highest BCUT2D eigenvalue weighted by atomic mass is 35.5. The van der Waals surface area contributed by atoms with Crippen molar-refractivity contribution >= 4 is 34.7 Å². The number of aliphatic hydroxyl groups excluding tert-OH is 1. The minimum atomic E-state index is -0.863. The van der Waals surface area contributed by atoms with Crippen molar-refractivity contribution in [2.24, 2.45) is 0 Å². The molecule has 0 radical (unpaired) electrons. The molecule has 32 heavy (non-hydrogen) atoms. The van der Waals surface area contributed by atoms with E-state index in [-0.39, 0.29) is 11.3 Å². The molecule has 0 saturated carbocycles. The Morgan fingerprint density at radius 1 is 1.03 bits per heavy atom. The quantitative estimate of drug-likeness (QED) is 0.368. The van der Waals surface area contributed by atoms with Gasteiger partial charge in [-0.25, -0.2) is 0 Å². The summed E-state index contributed by atoms with van der Waals surface area (Å²) in [6.45, 7) is 0.819. The highest BCUT2D eigenvalue weighted by Gasteiger charge is 2.47. The van der Waals surface area contributed by atoms with Gasteiger partial charge in [0.25, 0.3) is 11.7 Å². The average molecular weight is 449 g/mol. The van der Waals surface area contributed by atoms with E-state index in [0.717, 1.165) is 0 Å². The first-order chi connectivity index (χ1) is 15.5. The molecule has 0 spiro atoms. The number of aliphatic hydroxyl groups is 1. The van der Waals surface area contributed by atoms with E-state index in [1.807, 2.05) is 0 Å². The Morgan fingerprint density at radius 2 is 1.78 bits per heavy atom. The van der Waals surface area contributed by atoms with Crippen molar-refractivity contribution in [1.29, 1.82) is 0 Å². The number of aromatic nitrogens is 1. The lowest BCUT2D eigenvalue weighted by atomic mass is 9.96. The first-order valence-electron chi connectivity index (χ1n) is 9.91. The van der Waals surface area contributed by atoms with E-state index in [4.69, 9.17) is 21.1 Å². The van der Waals surface area contributed by atoms with Crippen LogP contribution < -0.4 is 14.4 Å². The van der Waals surface area contributed by atoms with Crippen molar-refractivity contribution in [3.05, 3.63) is 88.7 Å². The summed E-state index contributed by atoms with van der Waals surface area (Å²) in [5, 5.41) is 11.7. The lowest BCUT2D eigenvalue weighted by Crippen LogP contribution is -2.29. The van der Waals surface area contributed by atoms with Crippen molar-refractivity contribution in [2.75, 3.05) is 18.1 Å². The summed E-state index contributed by atoms with van der Waals surface area (Å²) in [7, 11) is 0. The van der Waals surface area contributed by atoms with Gasteiger partial charge in [0.1, 0.15) is 19.0 Å². The smallest absolute Gasteiger partial charge is 0.300 e. The van der Waals surface area contributed by atoms with Crippen LogP contribution in [0.2, 0.25) is 5.02 Å². The lowest BCUT2D eigenvalue weighted by Gasteiger charge is -2.25. The monoisotopic (exact) mass is 448 g/mol. The summed E-state index contributed by atoms with van der Waals surface area (Å²) in [6, 6.07) is 14.1. The van der Waals surface area contributed by atoms with Gasteiger partial charge >= 0.3 is 0 Å². The molecule has 3 heterocycles. The molecule has 3 aromatic rings. The molecule has 160 valence electrons. The number of hydrogen-bond donors (Lipinski definition) is 1. The number of fused-ring (bicyclic) bond motifs is 1. The summed E-state index contributed by atoms with van der Waals surface area (Å²) in [5.74, 6) is -0.824. The maximum absolute atomic E-state index is 13.1. The van der Waals surface area contributed by atoms with Crippen LogP contribution in [-0.4, -0.2) is 35.0 Å². The van der Waals surface area contributed by atoms with Crippen LogP contribution in [0.15, 0.2) is 72.6 Å². The van der Waals surface area contributed by atoms with Gasteiger partial charge in [0, 0.05) is 28.7 Å². The number of pyridine rings is 1. The second-order valence-corrected chi connectivity index (χ2v) is 7.73. The SMILES string of the molecule is O=C1C(=O)N(c2ccc(Cl)cc2)C(c2cccnc2)/C1=C(/O)c1ccc2c(c1)OCCO2. The molecule has 5 rings (SSSR count). The number of carbonyl (C=O) groups excluding carboxylic acids is 2. The van der Waals surface area contributed by atoms with Gasteiger partial charge in [0.15, 0.2) is 11.5 Å². The maximum atomic E-state index is 13.1. The van der Waals surface area contributed by atoms with E-state index in [1.54, 1.807) is 67.0 Å². The standard InChI is InChI=1S/C24H17ClN2O5/c25-16-4-6-17(7-5-16)27-21(15-2-1-9-26-13-15)20(23(29)24(27)30)22(28)14-3-8-18-19(12-14)32-11-10-31-18/h1-9,12-13,21,28H,10-11H2/b22-20-. The number of benzene rings is 2. The molecule has 1 aromatic heterocycles. The molecule has 1 amide bonds. The molecule has 2 aliphatic heterocycles. The summed E-state index contributed by atoms with van der Waals surface area (Å²) in [5.41, 5.74) is 1.37. The van der Waals surface area contributed by atoms with Crippen LogP contribution in [0.5, 0.6) is 11.5 Å². The normalized spacial score (nSPS) is 19.3. The number of hydrogen-bond acceptors (Lipinski definition) is 6. The molecule has 1 saturated heterocycles. The summed E-state index contributed by atoms with van der Waals surface area (Å²) in [6.07, 6.45) is 3.16. The topological polar surface area (TPSA) is 89.0 Å². The Balaban J connectivity index is 1.68. The minimum absolute atomic E-state index is 0.0328. The predicted molar refractivity (Wildman–Crippen MR) is 118 cm³/mol.